The molecule has 2 aliphatic heterocycles. The number of fused-ring (bicyclic) bond motifs is 8. The minimum Gasteiger partial charge on any atom is -0.356 e. The number of aromatic amines is 2. The van der Waals surface area contributed by atoms with Gasteiger partial charge in [-0.1, -0.05) is 71.3 Å². The number of nitrogens with one attached hydrogen (secondary N) is 5. The van der Waals surface area contributed by atoms with Crippen LogP contribution in [0.2, 0.25) is 0 Å². The van der Waals surface area contributed by atoms with E-state index in [1.165, 1.54) is 19.3 Å². The maximum Gasteiger partial charge on any atom is 0.220 e. The lowest BCUT2D eigenvalue weighted by atomic mass is 9.98. The molecule has 0 aliphatic carbocycles. The Labute approximate surface area is 333 Å². The molecule has 56 heavy (non-hydrogen) atoms. The van der Waals surface area contributed by atoms with Crippen LogP contribution in [0, 0.1) is 13.8 Å². The highest BCUT2D eigenvalue weighted by Gasteiger charge is 2.23. The minimum atomic E-state index is 0.0171. The molecular weight excluding hydrogens is 695 g/mol. The van der Waals surface area contributed by atoms with Crippen molar-refractivity contribution in [2.45, 2.75) is 112 Å². The quantitative estimate of drug-likeness (QED) is 0.0734. The average molecular weight is 758 g/mol. The van der Waals surface area contributed by atoms with Gasteiger partial charge in [0, 0.05) is 65.7 Å². The molecule has 3 aromatic rings. The van der Waals surface area contributed by atoms with Crippen molar-refractivity contribution >= 4 is 68.3 Å². The van der Waals surface area contributed by atoms with Crippen molar-refractivity contribution in [1.29, 1.82) is 0 Å². The van der Waals surface area contributed by atoms with Gasteiger partial charge in [0.25, 0.3) is 0 Å². The lowest BCUT2D eigenvalue weighted by Crippen LogP contribution is -2.32. The van der Waals surface area contributed by atoms with Crippen LogP contribution in [-0.2, 0) is 9.59 Å². The summed E-state index contributed by atoms with van der Waals surface area (Å²) in [5.74, 6) is 0.0689. The molecular formula is C47H63N7O2. The van der Waals surface area contributed by atoms with Crippen LogP contribution in [0.15, 0.2) is 37.4 Å². The van der Waals surface area contributed by atoms with Gasteiger partial charge in [-0.25, -0.2) is 9.97 Å². The van der Waals surface area contributed by atoms with Gasteiger partial charge in [-0.2, -0.15) is 0 Å². The van der Waals surface area contributed by atoms with Gasteiger partial charge in [0.15, 0.2) is 0 Å². The molecule has 0 aromatic carbocycles. The van der Waals surface area contributed by atoms with E-state index in [1.807, 2.05) is 12.2 Å². The normalized spacial score (nSPS) is 12.7. The standard InChI is InChI=1S/C47H63N7O2/c1-9-13-15-16-17-23-49-46(55)20-18-37-33(8)41-28-43-35(12-4)31(6)40(52-43)27-42-34(11-3)30(5)38(51-42)26-39-32(7)36(44(53-39)29-45(37)54-41)19-21-47(56)50-25-24-48-22-14-10-2/h11-12,26-29,48,51-52H,3-4,9-10,13-25H2,1-2,5-8H3,(H,49,55)(H,50,56). The van der Waals surface area contributed by atoms with Crippen molar-refractivity contribution < 1.29 is 9.59 Å². The molecule has 0 atom stereocenters. The topological polar surface area (TPSA) is 128 Å². The first-order valence-electron chi connectivity index (χ1n) is 20.7. The molecule has 0 saturated heterocycles. The van der Waals surface area contributed by atoms with Gasteiger partial charge < -0.3 is 25.9 Å². The summed E-state index contributed by atoms with van der Waals surface area (Å²) < 4.78 is 0. The summed E-state index contributed by atoms with van der Waals surface area (Å²) in [4.78, 5) is 43.9. The summed E-state index contributed by atoms with van der Waals surface area (Å²) in [6.07, 6.45) is 13.6. The Hall–Kier alpha value is -5.02. The molecule has 9 heteroatoms. The number of allylic oxidation sites excluding steroid dienone is 4. The van der Waals surface area contributed by atoms with Crippen LogP contribution in [0.5, 0.6) is 0 Å². The van der Waals surface area contributed by atoms with Crippen molar-refractivity contribution in [3.8, 4) is 0 Å². The molecule has 2 aliphatic rings. The number of hydrogen-bond acceptors (Lipinski definition) is 5. The largest absolute Gasteiger partial charge is 0.356 e. The highest BCUT2D eigenvalue weighted by atomic mass is 16.2. The van der Waals surface area contributed by atoms with E-state index in [0.717, 1.165) is 128 Å². The van der Waals surface area contributed by atoms with Gasteiger partial charge in [-0.05, 0) is 118 Å². The van der Waals surface area contributed by atoms with Crippen LogP contribution in [0.25, 0.3) is 56.5 Å². The maximum absolute atomic E-state index is 13.1. The predicted molar refractivity (Wildman–Crippen MR) is 237 cm³/mol. The Kier molecular flexibility index (Phi) is 15.2. The lowest BCUT2D eigenvalue weighted by Gasteiger charge is -2.09. The smallest absolute Gasteiger partial charge is 0.220 e. The first-order valence-corrected chi connectivity index (χ1v) is 20.7. The van der Waals surface area contributed by atoms with Gasteiger partial charge in [0.1, 0.15) is 0 Å². The molecule has 5 N–H and O–H groups in total. The van der Waals surface area contributed by atoms with Crippen molar-refractivity contribution in [2.24, 2.45) is 0 Å². The summed E-state index contributed by atoms with van der Waals surface area (Å²) in [6, 6.07) is 8.38. The van der Waals surface area contributed by atoms with Gasteiger partial charge in [0.05, 0.1) is 22.8 Å². The van der Waals surface area contributed by atoms with Crippen molar-refractivity contribution in [1.82, 2.24) is 35.9 Å². The van der Waals surface area contributed by atoms with Crippen molar-refractivity contribution in [2.75, 3.05) is 26.2 Å². The molecule has 0 fully saturated rings. The fourth-order valence-corrected chi connectivity index (χ4v) is 7.63. The number of hydrogen-bond donors (Lipinski definition) is 5. The number of aryl methyl sites for hydroxylation is 2. The van der Waals surface area contributed by atoms with Gasteiger partial charge in [0.2, 0.25) is 11.8 Å². The summed E-state index contributed by atoms with van der Waals surface area (Å²) >= 11 is 0. The third-order valence-corrected chi connectivity index (χ3v) is 11.2. The molecule has 0 spiro atoms. The maximum atomic E-state index is 13.1. The van der Waals surface area contributed by atoms with E-state index in [1.54, 1.807) is 0 Å². The van der Waals surface area contributed by atoms with Gasteiger partial charge in [-0.15, -0.1) is 0 Å². The Balaban J connectivity index is 1.59. The van der Waals surface area contributed by atoms with Crippen LogP contribution in [0.3, 0.4) is 0 Å². The van der Waals surface area contributed by atoms with E-state index in [9.17, 15) is 9.59 Å². The summed E-state index contributed by atoms with van der Waals surface area (Å²) in [7, 11) is 0. The highest BCUT2D eigenvalue weighted by Crippen LogP contribution is 2.38. The molecule has 3 aromatic heterocycles. The average Bonchev–Trinajstić information content (AvgIpc) is 3.85. The lowest BCUT2D eigenvalue weighted by molar-refractivity contribution is -0.121. The first-order chi connectivity index (χ1) is 27.1. The third kappa shape index (κ3) is 10.2. The SMILES string of the molecule is C=Cc1c(C)c2cc3[nH]c(cc4nc(cc5nc(cc1[nH]2)C(C)=C5CCC(=O)NCCCCCCC)C(CCC(=O)NCCNCCCC)=C4C)c(C)c3C=C. The number of aromatic nitrogens is 4. The summed E-state index contributed by atoms with van der Waals surface area (Å²) in [5, 5.41) is 9.61. The predicted octanol–water partition coefficient (Wildman–Crippen LogP) is 10.2. The van der Waals surface area contributed by atoms with Crippen molar-refractivity contribution in [3.63, 3.8) is 0 Å². The number of rotatable bonds is 20. The van der Waals surface area contributed by atoms with Gasteiger partial charge >= 0.3 is 0 Å². The van der Waals surface area contributed by atoms with Crippen LogP contribution in [-0.4, -0.2) is 57.9 Å². The second-order valence-corrected chi connectivity index (χ2v) is 15.2. The van der Waals surface area contributed by atoms with Crippen LogP contribution in [0.1, 0.15) is 143 Å². The highest BCUT2D eigenvalue weighted by molar-refractivity contribution is 5.97. The zero-order chi connectivity index (χ0) is 40.2. The molecule has 2 amide bonds. The zero-order valence-corrected chi connectivity index (χ0v) is 34.7. The number of unbranched alkanes of at least 4 members (excludes halogenated alkanes) is 5. The second kappa shape index (κ2) is 20.2. The molecule has 0 radical (unpaired) electrons. The van der Waals surface area contributed by atoms with E-state index in [4.69, 9.17) is 9.97 Å². The fourth-order valence-electron chi connectivity index (χ4n) is 7.63. The Morgan fingerprint density at radius 1 is 0.589 bits per heavy atom. The number of amides is 2. The van der Waals surface area contributed by atoms with E-state index in [0.29, 0.717) is 38.8 Å². The van der Waals surface area contributed by atoms with E-state index < -0.39 is 0 Å². The minimum absolute atomic E-state index is 0.0171. The summed E-state index contributed by atoms with van der Waals surface area (Å²) in [6.45, 7) is 24.1. The zero-order valence-electron chi connectivity index (χ0n) is 34.7. The van der Waals surface area contributed by atoms with Crippen LogP contribution >= 0.6 is 0 Å². The number of carbonyl (C=O) groups is 2. The molecule has 5 rings (SSSR count). The van der Waals surface area contributed by atoms with Crippen molar-refractivity contribution in [3.05, 3.63) is 82.5 Å². The molecule has 5 heterocycles. The van der Waals surface area contributed by atoms with E-state index >= 15 is 0 Å². The Morgan fingerprint density at radius 2 is 1.09 bits per heavy atom. The van der Waals surface area contributed by atoms with E-state index in [-0.39, 0.29) is 11.8 Å². The molecule has 298 valence electrons. The number of carbonyl (C=O) groups excluding carboxylic acids is 2. The van der Waals surface area contributed by atoms with E-state index in [2.05, 4.69) is 105 Å². The number of H-pyrrole nitrogens is 2. The van der Waals surface area contributed by atoms with Crippen LogP contribution in [0.4, 0.5) is 0 Å². The second-order valence-electron chi connectivity index (χ2n) is 15.2. The first kappa shape index (κ1) is 42.1. The molecule has 8 bridgehead atoms. The Morgan fingerprint density at radius 3 is 1.64 bits per heavy atom. The monoisotopic (exact) mass is 758 g/mol. The van der Waals surface area contributed by atoms with Gasteiger partial charge in [-0.3, -0.25) is 9.59 Å². The molecule has 0 saturated carbocycles. The number of nitrogens with zero attached hydrogens (tertiary/aromatic N) is 2. The molecule has 9 nitrogen and oxygen atoms in total. The fraction of sp³-hybridized carbons (Fsp3) is 0.447. The summed E-state index contributed by atoms with van der Waals surface area (Å²) in [5.41, 5.74) is 15.4. The Bertz CT molecular complexity index is 2160. The third-order valence-electron chi connectivity index (χ3n) is 11.2. The molecule has 0 unspecified atom stereocenters. The van der Waals surface area contributed by atoms with Crippen LogP contribution < -0.4 is 16.0 Å².